The summed E-state index contributed by atoms with van der Waals surface area (Å²) in [7, 11) is 0. The van der Waals surface area contributed by atoms with Crippen molar-refractivity contribution in [3.63, 3.8) is 0 Å². The minimum atomic E-state index is -0.573. The molecule has 5 aromatic rings. The Balaban J connectivity index is 1.38. The Labute approximate surface area is 229 Å². The zero-order chi connectivity index (χ0) is 26.9. The third-order valence-electron chi connectivity index (χ3n) is 6.70. The molecular formula is C30H23ClN6O2. The molecule has 6 rings (SSSR count). The van der Waals surface area contributed by atoms with E-state index in [0.29, 0.717) is 22.7 Å². The molecule has 0 saturated carbocycles. The fraction of sp³-hybridized carbons (Fsp3) is 0.0667. The zero-order valence-electron chi connectivity index (χ0n) is 20.7. The van der Waals surface area contributed by atoms with E-state index in [2.05, 4.69) is 15.4 Å². The van der Waals surface area contributed by atoms with Gasteiger partial charge < -0.3 is 15.6 Å². The summed E-state index contributed by atoms with van der Waals surface area (Å²) in [5.41, 5.74) is 12.3. The number of primary amides is 1. The van der Waals surface area contributed by atoms with Gasteiger partial charge in [0.15, 0.2) is 5.69 Å². The van der Waals surface area contributed by atoms with Crippen molar-refractivity contribution in [2.24, 2.45) is 5.73 Å². The number of halogens is 1. The van der Waals surface area contributed by atoms with Crippen LogP contribution in [-0.4, -0.2) is 31.1 Å². The van der Waals surface area contributed by atoms with E-state index in [1.807, 2.05) is 65.5 Å². The van der Waals surface area contributed by atoms with E-state index in [-0.39, 0.29) is 11.6 Å². The molecule has 9 heteroatoms. The van der Waals surface area contributed by atoms with Crippen molar-refractivity contribution in [2.75, 3.05) is 5.32 Å². The summed E-state index contributed by atoms with van der Waals surface area (Å²) >= 11 is 6.22. The first-order chi connectivity index (χ1) is 19.0. The van der Waals surface area contributed by atoms with Crippen LogP contribution in [0, 0.1) is 0 Å². The van der Waals surface area contributed by atoms with Gasteiger partial charge in [0.1, 0.15) is 0 Å². The van der Waals surface area contributed by atoms with Gasteiger partial charge in [-0.1, -0.05) is 41.9 Å². The molecule has 8 nitrogen and oxygen atoms in total. The van der Waals surface area contributed by atoms with Crippen molar-refractivity contribution >= 4 is 41.4 Å². The van der Waals surface area contributed by atoms with Gasteiger partial charge in [-0.05, 0) is 66.4 Å². The molecule has 1 aliphatic rings. The van der Waals surface area contributed by atoms with E-state index >= 15 is 0 Å². The third-order valence-corrected chi connectivity index (χ3v) is 7.03. The Hall–Kier alpha value is -4.95. The van der Waals surface area contributed by atoms with Gasteiger partial charge in [-0.15, -0.1) is 0 Å². The molecule has 0 saturated heterocycles. The Morgan fingerprint density at radius 3 is 2.59 bits per heavy atom. The van der Waals surface area contributed by atoms with E-state index in [1.54, 1.807) is 41.5 Å². The highest BCUT2D eigenvalue weighted by atomic mass is 35.5. The standard InChI is InChI=1S/C30H23ClN6O2/c31-26-4-2-1-3-23(26)30(39)34-21-9-7-20-8-12-24-27(29(32)38)35-37(28(24)25(20)17-21)22-10-5-19(6-11-22)13-15-36-16-14-33-18-36/h1-7,9-11,13-18H,8,12H2,(H2,32,38)(H,34,39). The smallest absolute Gasteiger partial charge is 0.269 e. The van der Waals surface area contributed by atoms with Gasteiger partial charge in [-0.2, -0.15) is 5.10 Å². The van der Waals surface area contributed by atoms with Crippen molar-refractivity contribution < 1.29 is 9.59 Å². The van der Waals surface area contributed by atoms with Crippen molar-refractivity contribution in [1.29, 1.82) is 0 Å². The number of anilines is 1. The van der Waals surface area contributed by atoms with Crippen molar-refractivity contribution in [1.82, 2.24) is 19.3 Å². The van der Waals surface area contributed by atoms with Crippen LogP contribution in [0.5, 0.6) is 0 Å². The van der Waals surface area contributed by atoms with Crippen LogP contribution in [0.4, 0.5) is 5.69 Å². The summed E-state index contributed by atoms with van der Waals surface area (Å²) in [5.74, 6) is -0.876. The topological polar surface area (TPSA) is 108 Å². The van der Waals surface area contributed by atoms with Crippen LogP contribution in [0.3, 0.4) is 0 Å². The number of amides is 2. The lowest BCUT2D eigenvalue weighted by atomic mass is 9.88. The van der Waals surface area contributed by atoms with Crippen LogP contribution in [0.2, 0.25) is 5.02 Å². The van der Waals surface area contributed by atoms with Crippen LogP contribution in [0.1, 0.15) is 37.5 Å². The SMILES string of the molecule is NC(=O)c1nn(-c2ccc(C=Cn3ccnc3)cc2)c2c1CCc1ccc(NC(=O)c3ccccc3Cl)cc1-2. The Morgan fingerprint density at radius 1 is 1.03 bits per heavy atom. The normalized spacial score (nSPS) is 12.2. The van der Waals surface area contributed by atoms with E-state index in [4.69, 9.17) is 17.3 Å². The molecule has 1 aliphatic carbocycles. The van der Waals surface area contributed by atoms with Gasteiger partial charge in [0.2, 0.25) is 0 Å². The van der Waals surface area contributed by atoms with E-state index in [0.717, 1.165) is 40.1 Å². The zero-order valence-corrected chi connectivity index (χ0v) is 21.5. The highest BCUT2D eigenvalue weighted by Gasteiger charge is 2.28. The molecular weight excluding hydrogens is 512 g/mol. The average Bonchev–Trinajstić information content (AvgIpc) is 3.61. The molecule has 0 unspecified atom stereocenters. The number of nitrogens with one attached hydrogen (secondary N) is 1. The number of nitrogens with two attached hydrogens (primary N) is 1. The fourth-order valence-corrected chi connectivity index (χ4v) is 5.02. The van der Waals surface area contributed by atoms with Gasteiger partial charge in [-0.25, -0.2) is 9.67 Å². The van der Waals surface area contributed by atoms with Gasteiger partial charge >= 0.3 is 0 Å². The Morgan fingerprint density at radius 2 is 1.85 bits per heavy atom. The number of hydrogen-bond donors (Lipinski definition) is 2. The molecule has 0 spiro atoms. The summed E-state index contributed by atoms with van der Waals surface area (Å²) in [6, 6.07) is 20.5. The molecule has 0 atom stereocenters. The lowest BCUT2D eigenvalue weighted by Gasteiger charge is -2.20. The molecule has 0 bridgehead atoms. The highest BCUT2D eigenvalue weighted by molar-refractivity contribution is 6.34. The second-order valence-corrected chi connectivity index (χ2v) is 9.58. The second kappa shape index (κ2) is 10.1. The fourth-order valence-electron chi connectivity index (χ4n) is 4.80. The maximum absolute atomic E-state index is 12.9. The highest BCUT2D eigenvalue weighted by Crippen LogP contribution is 2.38. The second-order valence-electron chi connectivity index (χ2n) is 9.17. The monoisotopic (exact) mass is 534 g/mol. The predicted molar refractivity (Wildman–Crippen MR) is 152 cm³/mol. The molecule has 2 heterocycles. The number of rotatable bonds is 6. The summed E-state index contributed by atoms with van der Waals surface area (Å²) < 4.78 is 3.62. The summed E-state index contributed by atoms with van der Waals surface area (Å²) in [5, 5.41) is 7.95. The van der Waals surface area contributed by atoms with Gasteiger partial charge in [-0.3, -0.25) is 9.59 Å². The maximum atomic E-state index is 12.9. The van der Waals surface area contributed by atoms with Gasteiger partial charge in [0, 0.05) is 35.4 Å². The molecule has 39 heavy (non-hydrogen) atoms. The minimum Gasteiger partial charge on any atom is -0.364 e. The molecule has 2 amide bonds. The van der Waals surface area contributed by atoms with Crippen molar-refractivity contribution in [3.8, 4) is 16.9 Å². The van der Waals surface area contributed by atoms with Crippen molar-refractivity contribution in [2.45, 2.75) is 12.8 Å². The number of aryl methyl sites for hydroxylation is 1. The van der Waals surface area contributed by atoms with Gasteiger partial charge in [0.25, 0.3) is 11.8 Å². The molecule has 192 valence electrons. The Bertz CT molecular complexity index is 1740. The van der Waals surface area contributed by atoms with Crippen LogP contribution in [0.25, 0.3) is 29.2 Å². The van der Waals surface area contributed by atoms with Crippen LogP contribution >= 0.6 is 11.6 Å². The van der Waals surface area contributed by atoms with Crippen molar-refractivity contribution in [3.05, 3.63) is 118 Å². The first kappa shape index (κ1) is 24.4. The predicted octanol–water partition coefficient (Wildman–Crippen LogP) is 5.47. The summed E-state index contributed by atoms with van der Waals surface area (Å²) in [4.78, 5) is 29.3. The molecule has 0 radical (unpaired) electrons. The maximum Gasteiger partial charge on any atom is 0.269 e. The number of fused-ring (bicyclic) bond motifs is 3. The summed E-state index contributed by atoms with van der Waals surface area (Å²) in [6.07, 6.45) is 10.5. The number of benzene rings is 3. The number of hydrogen-bond acceptors (Lipinski definition) is 4. The summed E-state index contributed by atoms with van der Waals surface area (Å²) in [6.45, 7) is 0. The number of nitrogens with zero attached hydrogens (tertiary/aromatic N) is 4. The molecule has 2 aromatic heterocycles. The molecule has 0 aliphatic heterocycles. The third kappa shape index (κ3) is 4.73. The number of imidazole rings is 1. The first-order valence-electron chi connectivity index (χ1n) is 12.3. The first-order valence-corrected chi connectivity index (χ1v) is 12.7. The number of aromatic nitrogens is 4. The van der Waals surface area contributed by atoms with E-state index in [9.17, 15) is 9.59 Å². The van der Waals surface area contributed by atoms with E-state index < -0.39 is 5.91 Å². The Kier molecular flexibility index (Phi) is 6.30. The quantitative estimate of drug-likeness (QED) is 0.301. The number of carbonyl (C=O) groups is 2. The van der Waals surface area contributed by atoms with Crippen LogP contribution in [0.15, 0.2) is 85.5 Å². The minimum absolute atomic E-state index is 0.255. The number of carbonyl (C=O) groups excluding carboxylic acids is 2. The molecule has 3 aromatic carbocycles. The lowest BCUT2D eigenvalue weighted by molar-refractivity contribution is 0.0992. The van der Waals surface area contributed by atoms with E-state index in [1.165, 1.54) is 0 Å². The lowest BCUT2D eigenvalue weighted by Crippen LogP contribution is -2.15. The largest absolute Gasteiger partial charge is 0.364 e. The molecule has 0 fully saturated rings. The molecule has 3 N–H and O–H groups in total. The average molecular weight is 535 g/mol. The van der Waals surface area contributed by atoms with Crippen LogP contribution in [-0.2, 0) is 12.8 Å². The van der Waals surface area contributed by atoms with Gasteiger partial charge in [0.05, 0.1) is 28.3 Å². The van der Waals surface area contributed by atoms with Crippen LogP contribution < -0.4 is 11.1 Å².